The van der Waals surface area contributed by atoms with Gasteiger partial charge in [0, 0.05) is 5.69 Å². The number of anilines is 2. The minimum absolute atomic E-state index is 0.322. The fourth-order valence-electron chi connectivity index (χ4n) is 2.35. The third-order valence-electron chi connectivity index (χ3n) is 3.36. The second-order valence-corrected chi connectivity index (χ2v) is 5.00. The largest absolute Gasteiger partial charge is 0.337 e. The van der Waals surface area contributed by atoms with Crippen molar-refractivity contribution in [3.8, 4) is 0 Å². The lowest BCUT2D eigenvalue weighted by atomic mass is 10.2. The van der Waals surface area contributed by atoms with Gasteiger partial charge in [-0.3, -0.25) is 0 Å². The number of nitrogens with one attached hydrogen (secondary N) is 1. The van der Waals surface area contributed by atoms with Gasteiger partial charge < -0.3 is 5.32 Å². The summed E-state index contributed by atoms with van der Waals surface area (Å²) in [5, 5.41) is 14.8. The zero-order chi connectivity index (χ0) is 15.1. The van der Waals surface area contributed by atoms with E-state index >= 15 is 0 Å². The summed E-state index contributed by atoms with van der Waals surface area (Å²) in [5.74, 6) is 0.156. The molecule has 0 bridgehead atoms. The van der Waals surface area contributed by atoms with Crippen molar-refractivity contribution < 1.29 is 4.39 Å². The first-order chi connectivity index (χ1) is 10.7. The van der Waals surface area contributed by atoms with E-state index in [4.69, 9.17) is 0 Å². The molecule has 1 N–H and O–H groups in total. The summed E-state index contributed by atoms with van der Waals surface area (Å²) in [7, 11) is 0. The lowest BCUT2D eigenvalue weighted by Gasteiger charge is -2.08. The Hall–Kier alpha value is -3.09. The molecule has 22 heavy (non-hydrogen) atoms. The maximum absolute atomic E-state index is 13.3. The van der Waals surface area contributed by atoms with Gasteiger partial charge in [-0.15, -0.1) is 5.10 Å². The molecule has 0 aliphatic rings. The number of hydrogen-bond acceptors (Lipinski definition) is 5. The smallest absolute Gasteiger partial charge is 0.222 e. The van der Waals surface area contributed by atoms with Crippen LogP contribution < -0.4 is 5.32 Å². The lowest BCUT2D eigenvalue weighted by Crippen LogP contribution is -2.01. The third kappa shape index (κ3) is 2.03. The molecule has 2 aromatic carbocycles. The average molecular weight is 294 g/mol. The number of halogens is 1. The zero-order valence-corrected chi connectivity index (χ0v) is 11.7. The van der Waals surface area contributed by atoms with E-state index < -0.39 is 0 Å². The van der Waals surface area contributed by atoms with E-state index in [1.807, 2.05) is 25.1 Å². The van der Waals surface area contributed by atoms with E-state index in [2.05, 4.69) is 25.8 Å². The van der Waals surface area contributed by atoms with Crippen LogP contribution >= 0.6 is 0 Å². The molecule has 4 aromatic rings. The van der Waals surface area contributed by atoms with Crippen LogP contribution in [0.4, 0.5) is 15.9 Å². The highest BCUT2D eigenvalue weighted by Gasteiger charge is 2.12. The van der Waals surface area contributed by atoms with Gasteiger partial charge in [0.25, 0.3) is 0 Å². The Balaban J connectivity index is 1.92. The third-order valence-corrected chi connectivity index (χ3v) is 3.36. The zero-order valence-electron chi connectivity index (χ0n) is 11.7. The van der Waals surface area contributed by atoms with Crippen LogP contribution in [0.2, 0.25) is 0 Å². The molecule has 4 rings (SSSR count). The molecule has 0 aliphatic carbocycles. The SMILES string of the molecule is Cc1ccc2nc(Nc3cccc(F)c3)c3nnnn3c2c1. The predicted octanol–water partition coefficient (Wildman–Crippen LogP) is 2.86. The summed E-state index contributed by atoms with van der Waals surface area (Å²) in [6.45, 7) is 1.99. The van der Waals surface area contributed by atoms with Gasteiger partial charge in [0.1, 0.15) is 5.82 Å². The Bertz CT molecular complexity index is 994. The summed E-state index contributed by atoms with van der Waals surface area (Å²) in [5.41, 5.74) is 3.75. The van der Waals surface area contributed by atoms with Crippen LogP contribution in [0.1, 0.15) is 5.56 Å². The number of fused-ring (bicyclic) bond motifs is 3. The van der Waals surface area contributed by atoms with Gasteiger partial charge in [0.2, 0.25) is 5.65 Å². The van der Waals surface area contributed by atoms with E-state index in [1.165, 1.54) is 12.1 Å². The predicted molar refractivity (Wildman–Crippen MR) is 80.5 cm³/mol. The van der Waals surface area contributed by atoms with Gasteiger partial charge in [-0.05, 0) is 53.2 Å². The van der Waals surface area contributed by atoms with E-state index in [-0.39, 0.29) is 5.82 Å². The highest BCUT2D eigenvalue weighted by Crippen LogP contribution is 2.23. The van der Waals surface area contributed by atoms with Gasteiger partial charge in [0.05, 0.1) is 11.0 Å². The minimum atomic E-state index is -0.322. The summed E-state index contributed by atoms with van der Waals surface area (Å²) in [6.07, 6.45) is 0. The van der Waals surface area contributed by atoms with Crippen LogP contribution in [-0.2, 0) is 0 Å². The molecule has 0 amide bonds. The van der Waals surface area contributed by atoms with Crippen molar-refractivity contribution in [2.24, 2.45) is 0 Å². The highest BCUT2D eigenvalue weighted by atomic mass is 19.1. The first kappa shape index (κ1) is 12.6. The van der Waals surface area contributed by atoms with Crippen molar-refractivity contribution in [1.82, 2.24) is 25.0 Å². The Labute approximate surface area is 124 Å². The molecule has 0 atom stereocenters. The summed E-state index contributed by atoms with van der Waals surface area (Å²) < 4.78 is 14.9. The molecule has 0 spiro atoms. The highest BCUT2D eigenvalue weighted by molar-refractivity contribution is 5.83. The standard InChI is InChI=1S/C15H11FN6/c1-9-5-6-12-13(7-9)22-15(19-20-21-22)14(18-12)17-11-4-2-3-10(16)8-11/h2-8H,1H3,(H,17,18). The number of aryl methyl sites for hydroxylation is 1. The van der Waals surface area contributed by atoms with Gasteiger partial charge in [-0.1, -0.05) is 12.1 Å². The Morgan fingerprint density at radius 2 is 2.05 bits per heavy atom. The topological polar surface area (TPSA) is 68.0 Å². The summed E-state index contributed by atoms with van der Waals surface area (Å²) >= 11 is 0. The molecule has 0 saturated carbocycles. The van der Waals surface area contributed by atoms with Crippen LogP contribution in [0.3, 0.4) is 0 Å². The quantitative estimate of drug-likeness (QED) is 0.615. The molecule has 0 saturated heterocycles. The second kappa shape index (κ2) is 4.73. The fourth-order valence-corrected chi connectivity index (χ4v) is 2.35. The molecule has 6 nitrogen and oxygen atoms in total. The van der Waals surface area contributed by atoms with Crippen molar-refractivity contribution in [2.75, 3.05) is 5.32 Å². The Morgan fingerprint density at radius 1 is 1.14 bits per heavy atom. The van der Waals surface area contributed by atoms with Gasteiger partial charge in [-0.25, -0.2) is 9.37 Å². The number of aromatic nitrogens is 5. The molecule has 2 aromatic heterocycles. The van der Waals surface area contributed by atoms with E-state index in [0.29, 0.717) is 17.2 Å². The molecular weight excluding hydrogens is 283 g/mol. The first-order valence-electron chi connectivity index (χ1n) is 6.72. The Morgan fingerprint density at radius 3 is 2.91 bits per heavy atom. The summed E-state index contributed by atoms with van der Waals surface area (Å²) in [4.78, 5) is 4.54. The lowest BCUT2D eigenvalue weighted by molar-refractivity contribution is 0.628. The number of hydrogen-bond donors (Lipinski definition) is 1. The second-order valence-electron chi connectivity index (χ2n) is 5.00. The first-order valence-corrected chi connectivity index (χ1v) is 6.72. The number of nitrogens with zero attached hydrogens (tertiary/aromatic N) is 5. The molecule has 0 unspecified atom stereocenters. The number of benzene rings is 2. The van der Waals surface area contributed by atoms with Crippen molar-refractivity contribution >= 4 is 28.2 Å². The van der Waals surface area contributed by atoms with Crippen LogP contribution in [0.5, 0.6) is 0 Å². The van der Waals surface area contributed by atoms with E-state index in [9.17, 15) is 4.39 Å². The molecule has 0 fully saturated rings. The van der Waals surface area contributed by atoms with Gasteiger partial charge >= 0.3 is 0 Å². The van der Waals surface area contributed by atoms with E-state index in [0.717, 1.165) is 16.6 Å². The number of tetrazole rings is 1. The minimum Gasteiger partial charge on any atom is -0.337 e. The monoisotopic (exact) mass is 294 g/mol. The van der Waals surface area contributed by atoms with Crippen molar-refractivity contribution in [2.45, 2.75) is 6.92 Å². The van der Waals surface area contributed by atoms with Gasteiger partial charge in [-0.2, -0.15) is 4.52 Å². The molecule has 108 valence electrons. The van der Waals surface area contributed by atoms with Gasteiger partial charge in [0.15, 0.2) is 5.82 Å². The molecule has 0 radical (unpaired) electrons. The van der Waals surface area contributed by atoms with Crippen LogP contribution in [0.25, 0.3) is 16.7 Å². The maximum atomic E-state index is 13.3. The van der Waals surface area contributed by atoms with Crippen molar-refractivity contribution in [3.63, 3.8) is 0 Å². The van der Waals surface area contributed by atoms with Crippen molar-refractivity contribution in [1.29, 1.82) is 0 Å². The molecule has 7 heteroatoms. The number of rotatable bonds is 2. The normalized spacial score (nSPS) is 11.2. The molecule has 2 heterocycles. The van der Waals surface area contributed by atoms with E-state index in [1.54, 1.807) is 16.6 Å². The van der Waals surface area contributed by atoms with Crippen LogP contribution in [0, 0.1) is 12.7 Å². The fraction of sp³-hybridized carbons (Fsp3) is 0.0667. The van der Waals surface area contributed by atoms with Crippen LogP contribution in [-0.4, -0.2) is 25.0 Å². The maximum Gasteiger partial charge on any atom is 0.222 e. The molecule has 0 aliphatic heterocycles. The average Bonchev–Trinajstić information content (AvgIpc) is 2.98. The van der Waals surface area contributed by atoms with Crippen molar-refractivity contribution in [3.05, 3.63) is 53.8 Å². The van der Waals surface area contributed by atoms with Crippen LogP contribution in [0.15, 0.2) is 42.5 Å². The Kier molecular flexibility index (Phi) is 2.72. The summed E-state index contributed by atoms with van der Waals surface area (Å²) in [6, 6.07) is 12.0. The molecular formula is C15H11FN6.